The SMILES string of the molecule is COc1ccc(/C(N)=N/OC(C)=O)cc1. The fraction of sp³-hybridized carbons (Fsp3) is 0.200. The second-order valence-corrected chi connectivity index (χ2v) is 2.79. The minimum absolute atomic E-state index is 0.146. The molecule has 0 amide bonds. The van der Waals surface area contributed by atoms with Gasteiger partial charge in [-0.15, -0.1) is 0 Å². The van der Waals surface area contributed by atoms with Gasteiger partial charge in [0.1, 0.15) is 5.75 Å². The normalized spacial score (nSPS) is 10.9. The summed E-state index contributed by atoms with van der Waals surface area (Å²) >= 11 is 0. The van der Waals surface area contributed by atoms with Crippen molar-refractivity contribution in [2.24, 2.45) is 10.9 Å². The summed E-state index contributed by atoms with van der Waals surface area (Å²) in [4.78, 5) is 14.9. The molecule has 0 fully saturated rings. The lowest BCUT2D eigenvalue weighted by molar-refractivity contribution is -0.140. The molecule has 1 aromatic carbocycles. The summed E-state index contributed by atoms with van der Waals surface area (Å²) in [7, 11) is 1.57. The van der Waals surface area contributed by atoms with Gasteiger partial charge in [0.15, 0.2) is 5.84 Å². The van der Waals surface area contributed by atoms with Gasteiger partial charge in [0.2, 0.25) is 0 Å². The third-order valence-corrected chi connectivity index (χ3v) is 1.66. The smallest absolute Gasteiger partial charge is 0.332 e. The molecule has 0 aliphatic carbocycles. The molecule has 0 unspecified atom stereocenters. The number of rotatable bonds is 3. The van der Waals surface area contributed by atoms with Crippen LogP contribution >= 0.6 is 0 Å². The van der Waals surface area contributed by atoms with Crippen LogP contribution in [0.1, 0.15) is 12.5 Å². The molecular formula is C10H12N2O3. The molecule has 80 valence electrons. The van der Waals surface area contributed by atoms with Crippen LogP contribution in [0, 0.1) is 0 Å². The third-order valence-electron chi connectivity index (χ3n) is 1.66. The number of oxime groups is 1. The topological polar surface area (TPSA) is 73.9 Å². The van der Waals surface area contributed by atoms with E-state index in [1.165, 1.54) is 6.92 Å². The van der Waals surface area contributed by atoms with Gasteiger partial charge in [-0.05, 0) is 24.3 Å². The molecule has 0 saturated carbocycles. The van der Waals surface area contributed by atoms with E-state index >= 15 is 0 Å². The van der Waals surface area contributed by atoms with Crippen LogP contribution in [-0.2, 0) is 9.63 Å². The number of nitrogens with zero attached hydrogens (tertiary/aromatic N) is 1. The Hall–Kier alpha value is -2.04. The van der Waals surface area contributed by atoms with Crippen LogP contribution < -0.4 is 10.5 Å². The number of carbonyl (C=O) groups excluding carboxylic acids is 1. The van der Waals surface area contributed by atoms with Crippen molar-refractivity contribution in [3.63, 3.8) is 0 Å². The maximum Gasteiger partial charge on any atom is 0.332 e. The predicted molar refractivity (Wildman–Crippen MR) is 55.5 cm³/mol. The molecule has 0 radical (unpaired) electrons. The van der Waals surface area contributed by atoms with Crippen LogP contribution in [0.4, 0.5) is 0 Å². The molecule has 0 atom stereocenters. The summed E-state index contributed by atoms with van der Waals surface area (Å²) in [6, 6.07) is 6.93. The Morgan fingerprint density at radius 1 is 1.33 bits per heavy atom. The van der Waals surface area contributed by atoms with E-state index in [1.807, 2.05) is 0 Å². The first kappa shape index (κ1) is 11.0. The number of methoxy groups -OCH3 is 1. The Balaban J connectivity index is 2.77. The molecule has 0 aliphatic rings. The lowest BCUT2D eigenvalue weighted by Gasteiger charge is -2.02. The standard InChI is InChI=1S/C10H12N2O3/c1-7(13)15-12-10(11)8-3-5-9(14-2)6-4-8/h3-6H,1-2H3,(H2,11,12). The van der Waals surface area contributed by atoms with Gasteiger partial charge in [0, 0.05) is 12.5 Å². The number of amidine groups is 1. The van der Waals surface area contributed by atoms with Crippen molar-refractivity contribution in [3.05, 3.63) is 29.8 Å². The third kappa shape index (κ3) is 3.30. The van der Waals surface area contributed by atoms with Gasteiger partial charge < -0.3 is 15.3 Å². The lowest BCUT2D eigenvalue weighted by atomic mass is 10.2. The largest absolute Gasteiger partial charge is 0.497 e. The van der Waals surface area contributed by atoms with E-state index in [0.29, 0.717) is 5.56 Å². The molecular weight excluding hydrogens is 196 g/mol. The molecule has 0 bridgehead atoms. The van der Waals surface area contributed by atoms with E-state index in [1.54, 1.807) is 31.4 Å². The van der Waals surface area contributed by atoms with Crippen molar-refractivity contribution >= 4 is 11.8 Å². The zero-order valence-corrected chi connectivity index (χ0v) is 8.56. The summed E-state index contributed by atoms with van der Waals surface area (Å²) in [5.74, 6) is 0.360. The van der Waals surface area contributed by atoms with E-state index < -0.39 is 5.97 Å². The van der Waals surface area contributed by atoms with E-state index in [9.17, 15) is 4.79 Å². The van der Waals surface area contributed by atoms with Crippen LogP contribution in [0.5, 0.6) is 5.75 Å². The molecule has 0 saturated heterocycles. The molecule has 0 heterocycles. The van der Waals surface area contributed by atoms with Gasteiger partial charge in [0.25, 0.3) is 0 Å². The van der Waals surface area contributed by atoms with Crippen molar-refractivity contribution in [1.82, 2.24) is 0 Å². The number of hydrogen-bond donors (Lipinski definition) is 1. The zero-order valence-electron chi connectivity index (χ0n) is 8.56. The summed E-state index contributed by atoms with van der Waals surface area (Å²) in [6.45, 7) is 1.25. The van der Waals surface area contributed by atoms with Crippen molar-refractivity contribution < 1.29 is 14.4 Å². The lowest BCUT2D eigenvalue weighted by Crippen LogP contribution is -2.14. The summed E-state index contributed by atoms with van der Waals surface area (Å²) in [6.07, 6.45) is 0. The second kappa shape index (κ2) is 4.99. The fourth-order valence-corrected chi connectivity index (χ4v) is 0.928. The maximum atomic E-state index is 10.5. The molecule has 1 aromatic rings. The highest BCUT2D eigenvalue weighted by Gasteiger charge is 2.00. The Labute approximate surface area is 87.5 Å². The number of ether oxygens (including phenoxy) is 1. The predicted octanol–water partition coefficient (Wildman–Crippen LogP) is 0.879. The number of benzene rings is 1. The first-order valence-corrected chi connectivity index (χ1v) is 4.29. The highest BCUT2D eigenvalue weighted by Crippen LogP contribution is 2.10. The summed E-state index contributed by atoms with van der Waals surface area (Å²) in [5.41, 5.74) is 6.23. The quantitative estimate of drug-likeness (QED) is 0.346. The summed E-state index contributed by atoms with van der Waals surface area (Å²) < 4.78 is 4.98. The Kier molecular flexibility index (Phi) is 3.68. The molecule has 1 rings (SSSR count). The minimum atomic E-state index is -0.508. The first-order chi connectivity index (χ1) is 7.13. The number of hydrogen-bond acceptors (Lipinski definition) is 4. The number of nitrogens with two attached hydrogens (primary N) is 1. The van der Waals surface area contributed by atoms with Gasteiger partial charge in [-0.3, -0.25) is 0 Å². The molecule has 0 aliphatic heterocycles. The molecule has 0 spiro atoms. The molecule has 5 heteroatoms. The average Bonchev–Trinajstić information content (AvgIpc) is 2.26. The molecule has 15 heavy (non-hydrogen) atoms. The number of carbonyl (C=O) groups is 1. The molecule has 0 aromatic heterocycles. The van der Waals surface area contributed by atoms with E-state index in [4.69, 9.17) is 10.5 Å². The van der Waals surface area contributed by atoms with Crippen LogP contribution in [0.25, 0.3) is 0 Å². The minimum Gasteiger partial charge on any atom is -0.497 e. The second-order valence-electron chi connectivity index (χ2n) is 2.79. The monoisotopic (exact) mass is 208 g/mol. The Morgan fingerprint density at radius 2 is 1.93 bits per heavy atom. The van der Waals surface area contributed by atoms with Crippen LogP contribution in [0.2, 0.25) is 0 Å². The van der Waals surface area contributed by atoms with E-state index in [-0.39, 0.29) is 5.84 Å². The fourth-order valence-electron chi connectivity index (χ4n) is 0.928. The van der Waals surface area contributed by atoms with E-state index in [0.717, 1.165) is 5.75 Å². The van der Waals surface area contributed by atoms with Gasteiger partial charge in [-0.2, -0.15) is 0 Å². The van der Waals surface area contributed by atoms with E-state index in [2.05, 4.69) is 9.99 Å². The van der Waals surface area contributed by atoms with Crippen molar-refractivity contribution in [1.29, 1.82) is 0 Å². The Bertz CT molecular complexity index is 371. The first-order valence-electron chi connectivity index (χ1n) is 4.29. The maximum absolute atomic E-state index is 10.5. The van der Waals surface area contributed by atoms with Crippen molar-refractivity contribution in [2.45, 2.75) is 6.92 Å². The Morgan fingerprint density at radius 3 is 2.40 bits per heavy atom. The average molecular weight is 208 g/mol. The van der Waals surface area contributed by atoms with Crippen LogP contribution in [0.3, 0.4) is 0 Å². The van der Waals surface area contributed by atoms with Gasteiger partial charge >= 0.3 is 5.97 Å². The van der Waals surface area contributed by atoms with Gasteiger partial charge in [-0.1, -0.05) is 5.16 Å². The summed E-state index contributed by atoms with van der Waals surface area (Å²) in [5, 5.41) is 3.45. The van der Waals surface area contributed by atoms with Gasteiger partial charge in [0.05, 0.1) is 7.11 Å². The van der Waals surface area contributed by atoms with Crippen molar-refractivity contribution in [2.75, 3.05) is 7.11 Å². The van der Waals surface area contributed by atoms with Crippen LogP contribution in [0.15, 0.2) is 29.4 Å². The molecule has 2 N–H and O–H groups in total. The van der Waals surface area contributed by atoms with Crippen LogP contribution in [-0.4, -0.2) is 18.9 Å². The van der Waals surface area contributed by atoms with Crippen molar-refractivity contribution in [3.8, 4) is 5.75 Å². The molecule has 5 nitrogen and oxygen atoms in total. The highest BCUT2D eigenvalue weighted by molar-refractivity contribution is 5.97. The van der Waals surface area contributed by atoms with Gasteiger partial charge in [-0.25, -0.2) is 4.79 Å². The highest BCUT2D eigenvalue weighted by atomic mass is 16.7. The zero-order chi connectivity index (χ0) is 11.3.